The van der Waals surface area contributed by atoms with E-state index >= 15 is 0 Å². The third kappa shape index (κ3) is 34.5. The first kappa shape index (κ1) is 84.9. The molecular formula is C61H86N10O14S. The highest BCUT2D eigenvalue weighted by atomic mass is 32.2. The maximum atomic E-state index is 12.0. The zero-order valence-corrected chi connectivity index (χ0v) is 50.2. The molecule has 25 heteroatoms. The summed E-state index contributed by atoms with van der Waals surface area (Å²) in [5.74, 6) is -2.80. The topological polar surface area (TPSA) is 513 Å². The Hall–Kier alpha value is -9.93. The number of carboxylic acids is 3. The zero-order valence-electron chi connectivity index (χ0n) is 49.4. The van der Waals surface area contributed by atoms with E-state index in [0.29, 0.717) is 56.9 Å². The number of carbonyl (C=O) groups excluding carboxylic acids is 1. The molecule has 8 rings (SSSR count). The van der Waals surface area contributed by atoms with Gasteiger partial charge in [0.15, 0.2) is 5.75 Å². The van der Waals surface area contributed by atoms with E-state index in [-0.39, 0.29) is 22.4 Å². The Morgan fingerprint density at radius 3 is 0.953 bits per heavy atom. The molecule has 24 nitrogen and oxygen atoms in total. The van der Waals surface area contributed by atoms with Gasteiger partial charge in [-0.3, -0.25) is 4.79 Å². The predicted octanol–water partition coefficient (Wildman–Crippen LogP) is 5.38. The van der Waals surface area contributed by atoms with E-state index in [4.69, 9.17) is 74.9 Å². The molecular weight excluding hydrogens is 1130 g/mol. The van der Waals surface area contributed by atoms with Gasteiger partial charge in [-0.2, -0.15) is 0 Å². The van der Waals surface area contributed by atoms with Crippen LogP contribution < -0.4 is 62.1 Å². The maximum Gasteiger partial charge on any atom is 0.337 e. The molecule has 0 heterocycles. The molecule has 470 valence electrons. The lowest BCUT2D eigenvalue weighted by atomic mass is 10.0. The van der Waals surface area contributed by atoms with Gasteiger partial charge in [0.1, 0.15) is 0 Å². The van der Waals surface area contributed by atoms with Crippen LogP contribution in [0.1, 0.15) is 42.2 Å². The van der Waals surface area contributed by atoms with Crippen LogP contribution in [-0.2, 0) is 21.1 Å². The van der Waals surface area contributed by atoms with Gasteiger partial charge in [-0.25, -0.2) is 22.8 Å². The van der Waals surface area contributed by atoms with Crippen molar-refractivity contribution in [3.63, 3.8) is 0 Å². The normalized spacial score (nSPS) is 8.74. The summed E-state index contributed by atoms with van der Waals surface area (Å²) in [6.45, 7) is 0.316. The van der Waals surface area contributed by atoms with Crippen LogP contribution in [0, 0.1) is 0 Å². The lowest BCUT2D eigenvalue weighted by Gasteiger charge is -2.08. The third-order valence-electron chi connectivity index (χ3n) is 9.44. The first-order chi connectivity index (χ1) is 41.4. The molecule has 0 saturated heterocycles. The van der Waals surface area contributed by atoms with E-state index in [1.807, 2.05) is 12.1 Å². The number of carboxylic acid groups (broad SMARTS) is 3. The SMILES string of the molecule is CN.CN.CN.CN.CO.CO.CO.CO.Nc1cc(Cc2ccc(C(=O)O)c(N)c2)ccc1OC=O.Nc1cc(N)cc(C(=O)O)c1.Nc1cc(N)cc(C(=O)O)c1.O=S(=O)(c1ccccc1)c1ccccc1.c1ccc(-c2ccccc2)cc1. The molecule has 0 unspecified atom stereocenters. The van der Waals surface area contributed by atoms with Gasteiger partial charge in [-0.15, -0.1) is 0 Å². The van der Waals surface area contributed by atoms with Crippen molar-refractivity contribution in [3.8, 4) is 16.9 Å². The lowest BCUT2D eigenvalue weighted by Crippen LogP contribution is -2.03. The number of hydrogen-bond acceptors (Lipinski definition) is 21. The van der Waals surface area contributed by atoms with Gasteiger partial charge in [0.25, 0.3) is 6.47 Å². The van der Waals surface area contributed by atoms with Crippen LogP contribution in [0.5, 0.6) is 5.75 Å². The number of aromatic carboxylic acids is 3. The summed E-state index contributed by atoms with van der Waals surface area (Å²) >= 11 is 0. The van der Waals surface area contributed by atoms with Gasteiger partial charge < -0.3 is 97.8 Å². The molecule has 0 saturated carbocycles. The number of benzene rings is 8. The van der Waals surface area contributed by atoms with Crippen LogP contribution in [-0.4, -0.2) is 125 Å². The molecule has 0 aliphatic rings. The highest BCUT2D eigenvalue weighted by Crippen LogP contribution is 2.25. The summed E-state index contributed by atoms with van der Waals surface area (Å²) in [4.78, 5) is 42.6. The van der Waals surface area contributed by atoms with Crippen molar-refractivity contribution in [1.82, 2.24) is 0 Å². The fourth-order valence-corrected chi connectivity index (χ4v) is 7.52. The first-order valence-electron chi connectivity index (χ1n) is 24.8. The Balaban J connectivity index is -0.000000305. The van der Waals surface area contributed by atoms with Gasteiger partial charge in [0.05, 0.1) is 32.2 Å². The Bertz CT molecular complexity index is 2970. The van der Waals surface area contributed by atoms with Crippen molar-refractivity contribution in [1.29, 1.82) is 0 Å². The summed E-state index contributed by atoms with van der Waals surface area (Å²) in [5, 5.41) is 54.0. The Kier molecular flexibility index (Phi) is 52.4. The standard InChI is InChI=1S/C15H14N2O4.C12H10O2S.C12H10.2C7H8N2O2.4CH5N.4CH4O/c16-12-6-9(1-3-11(12)15(19)20)5-10-2-4-14(21-8-18)13(17)7-10;13-15(14,11-7-3-1-4-8-11)12-9-5-2-6-10-12;1-3-7-11(8-4-1)12-9-5-2-6-10-12;2*8-5-1-4(7(10)11)2-6(9)3-5;8*1-2/h1-4,6-8H,5,16-17H2,(H,19,20);1-10H;1-10H;2*1-3H,8-9H2,(H,10,11);4*2H2,1H3;4*2H,1H3. The molecule has 0 radical (unpaired) electrons. The van der Waals surface area contributed by atoms with Crippen molar-refractivity contribution in [2.45, 2.75) is 16.2 Å². The van der Waals surface area contributed by atoms with Crippen molar-refractivity contribution in [2.24, 2.45) is 22.9 Å². The second kappa shape index (κ2) is 53.1. The fraction of sp³-hybridized carbons (Fsp3) is 0.148. The monoisotopic (exact) mass is 1210 g/mol. The first-order valence-corrected chi connectivity index (χ1v) is 26.3. The average molecular weight is 1220 g/mol. The van der Waals surface area contributed by atoms with Crippen LogP contribution in [0.25, 0.3) is 11.1 Å². The van der Waals surface area contributed by atoms with E-state index in [0.717, 1.165) is 39.6 Å². The summed E-state index contributed by atoms with van der Waals surface area (Å²) in [7, 11) is 6.66. The Labute approximate surface area is 503 Å². The second-order valence-corrected chi connectivity index (χ2v) is 16.7. The maximum absolute atomic E-state index is 12.0. The average Bonchev–Trinajstić information content (AvgIpc) is 3.34. The summed E-state index contributed by atoms with van der Waals surface area (Å²) in [6, 6.07) is 56.0. The largest absolute Gasteiger partial charge is 0.478 e. The van der Waals surface area contributed by atoms with E-state index in [2.05, 4.69) is 71.5 Å². The summed E-state index contributed by atoms with van der Waals surface area (Å²) in [6.07, 6.45) is 0.537. The number of aliphatic hydroxyl groups excluding tert-OH is 4. The predicted molar refractivity (Wildman–Crippen MR) is 346 cm³/mol. The smallest absolute Gasteiger partial charge is 0.337 e. The van der Waals surface area contributed by atoms with Crippen molar-refractivity contribution in [3.05, 3.63) is 222 Å². The minimum Gasteiger partial charge on any atom is -0.478 e. The molecule has 86 heavy (non-hydrogen) atoms. The summed E-state index contributed by atoms with van der Waals surface area (Å²) in [5.41, 5.74) is 57.5. The number of nitrogens with two attached hydrogens (primary N) is 10. The second-order valence-electron chi connectivity index (χ2n) is 14.7. The van der Waals surface area contributed by atoms with Gasteiger partial charge in [0.2, 0.25) is 9.84 Å². The molecule has 0 amide bonds. The highest BCUT2D eigenvalue weighted by Gasteiger charge is 2.16. The quantitative estimate of drug-likeness (QED) is 0.0603. The molecule has 0 aliphatic carbocycles. The van der Waals surface area contributed by atoms with Gasteiger partial charge in [0, 0.05) is 56.9 Å². The van der Waals surface area contributed by atoms with Gasteiger partial charge >= 0.3 is 17.9 Å². The molecule has 0 aliphatic heterocycles. The number of rotatable bonds is 10. The number of sulfone groups is 1. The molecule has 0 atom stereocenters. The number of nitrogen functional groups attached to an aromatic ring is 6. The summed E-state index contributed by atoms with van der Waals surface area (Å²) < 4.78 is 28.8. The fourth-order valence-electron chi connectivity index (χ4n) is 6.22. The van der Waals surface area contributed by atoms with Gasteiger partial charge in [-0.1, -0.05) is 109 Å². The molecule has 0 spiro atoms. The number of anilines is 6. The Morgan fingerprint density at radius 2 is 0.686 bits per heavy atom. The minimum absolute atomic E-state index is 0.0768. The van der Waals surface area contributed by atoms with Crippen molar-refractivity contribution in [2.75, 3.05) is 91.0 Å². The van der Waals surface area contributed by atoms with Crippen LogP contribution in [0.2, 0.25) is 0 Å². The number of aliphatic hydroxyl groups is 4. The van der Waals surface area contributed by atoms with Crippen LogP contribution >= 0.6 is 0 Å². The zero-order chi connectivity index (χ0) is 67.2. The molecule has 27 N–H and O–H groups in total. The molecule has 0 fully saturated rings. The van der Waals surface area contributed by atoms with Crippen LogP contribution in [0.15, 0.2) is 204 Å². The Morgan fingerprint density at radius 1 is 0.395 bits per heavy atom. The van der Waals surface area contributed by atoms with E-state index < -0.39 is 27.7 Å². The molecule has 8 aromatic carbocycles. The number of hydrogen-bond donors (Lipinski definition) is 17. The molecule has 0 aromatic heterocycles. The number of ether oxygens (including phenoxy) is 1. The van der Waals surface area contributed by atoms with E-state index in [1.165, 1.54) is 81.8 Å². The van der Waals surface area contributed by atoms with E-state index in [1.54, 1.807) is 91.0 Å². The van der Waals surface area contributed by atoms with Crippen molar-refractivity contribution < 1.29 is 68.1 Å². The van der Waals surface area contributed by atoms with E-state index in [9.17, 15) is 27.6 Å². The minimum atomic E-state index is -3.34. The van der Waals surface area contributed by atoms with Crippen molar-refractivity contribution >= 4 is 68.3 Å². The van der Waals surface area contributed by atoms with Crippen LogP contribution in [0.3, 0.4) is 0 Å². The van der Waals surface area contributed by atoms with Crippen LogP contribution in [0.4, 0.5) is 34.1 Å². The highest BCUT2D eigenvalue weighted by molar-refractivity contribution is 7.91. The van der Waals surface area contributed by atoms with Gasteiger partial charge in [-0.05, 0) is 142 Å². The lowest BCUT2D eigenvalue weighted by molar-refractivity contribution is -0.120. The number of carbonyl (C=O) groups is 4. The third-order valence-corrected chi connectivity index (χ3v) is 11.2. The molecule has 0 bridgehead atoms. The molecule has 8 aromatic rings.